The van der Waals surface area contributed by atoms with Gasteiger partial charge in [0.15, 0.2) is 0 Å². The van der Waals surface area contributed by atoms with Gasteiger partial charge in [-0.3, -0.25) is 14.9 Å². The molecule has 0 spiro atoms. The molecule has 1 fully saturated rings. The van der Waals surface area contributed by atoms with Crippen molar-refractivity contribution in [1.82, 2.24) is 5.32 Å². The minimum absolute atomic E-state index is 0. The van der Waals surface area contributed by atoms with Crippen molar-refractivity contribution >= 4 is 17.7 Å². The Hall–Kier alpha value is -1.52. The van der Waals surface area contributed by atoms with Crippen LogP contribution in [0.25, 0.3) is 5.32 Å². The second-order valence-corrected chi connectivity index (χ2v) is 4.42. The Balaban J connectivity index is 0.00000220. The van der Waals surface area contributed by atoms with Crippen molar-refractivity contribution in [2.75, 3.05) is 7.11 Å². The monoisotopic (exact) mass is 458 g/mol. The number of benzene rings is 1. The minimum atomic E-state index is -0.806. The van der Waals surface area contributed by atoms with Gasteiger partial charge in [-0.05, 0) is 18.4 Å². The second kappa shape index (κ2) is 8.05. The number of hydrogen-bond donors (Lipinski definition) is 1. The molecule has 1 heterocycles. The molecule has 0 bridgehead atoms. The summed E-state index contributed by atoms with van der Waals surface area (Å²) in [7, 11) is 1.55. The third-order valence-electron chi connectivity index (χ3n) is 2.87. The van der Waals surface area contributed by atoms with E-state index in [2.05, 4.69) is 16.7 Å². The molecule has 6 nitrogen and oxygen atoms in total. The molecule has 1 aromatic rings. The van der Waals surface area contributed by atoms with E-state index in [1.807, 2.05) is 0 Å². The zero-order valence-corrected chi connectivity index (χ0v) is 14.4. The molecule has 0 radical (unpaired) electrons. The van der Waals surface area contributed by atoms with Gasteiger partial charge in [0.05, 0.1) is 6.61 Å². The van der Waals surface area contributed by atoms with Gasteiger partial charge >= 0.3 is 21.1 Å². The molecule has 0 saturated carbocycles. The van der Waals surface area contributed by atoms with Gasteiger partial charge in [0, 0.05) is 13.5 Å². The zero-order chi connectivity index (χ0) is 14.5. The molecular formula is C14H14N2O4W. The predicted octanol–water partition coefficient (Wildman–Crippen LogP) is 0.950. The summed E-state index contributed by atoms with van der Waals surface area (Å²) < 4.78 is 4.97. The molecule has 1 atom stereocenters. The Bertz CT molecular complexity index is 548. The molecule has 3 amide bonds. The number of carbonyl (C=O) groups excluding carboxylic acids is 3. The molecule has 1 unspecified atom stereocenters. The summed E-state index contributed by atoms with van der Waals surface area (Å²) in [6.07, 6.45) is 0.453. The summed E-state index contributed by atoms with van der Waals surface area (Å²) in [6, 6.07) is 7.16. The molecule has 1 aliphatic heterocycles. The number of imide groups is 1. The maximum atomic E-state index is 12.0. The van der Waals surface area contributed by atoms with Gasteiger partial charge < -0.3 is 14.8 Å². The van der Waals surface area contributed by atoms with E-state index in [9.17, 15) is 14.4 Å². The second-order valence-electron chi connectivity index (χ2n) is 4.42. The number of nitrogens with one attached hydrogen (secondary N) is 1. The molecular weight excluding hydrogens is 444 g/mol. The van der Waals surface area contributed by atoms with Gasteiger partial charge in [-0.2, -0.15) is 0 Å². The number of amides is 3. The summed E-state index contributed by atoms with van der Waals surface area (Å²) in [5, 5.41) is 6.01. The van der Waals surface area contributed by atoms with Gasteiger partial charge in [-0.1, -0.05) is 0 Å². The van der Waals surface area contributed by atoms with E-state index in [0.29, 0.717) is 6.61 Å². The summed E-state index contributed by atoms with van der Waals surface area (Å²) in [5.41, 5.74) is 1.01. The third kappa shape index (κ3) is 4.76. The van der Waals surface area contributed by atoms with Gasteiger partial charge in [0.1, 0.15) is 0 Å². The van der Waals surface area contributed by atoms with E-state index in [4.69, 9.17) is 4.74 Å². The smallest absolute Gasteiger partial charge is 0.684 e. The van der Waals surface area contributed by atoms with E-state index >= 15 is 0 Å². The molecule has 0 aliphatic carbocycles. The maximum absolute atomic E-state index is 12.0. The number of methoxy groups -OCH3 is 1. The number of piperidine rings is 1. The van der Waals surface area contributed by atoms with Crippen LogP contribution < -0.4 is 5.32 Å². The molecule has 2 rings (SSSR count). The number of hydrogen-bond acceptors (Lipinski definition) is 4. The normalized spacial score (nSPS) is 17.7. The predicted molar refractivity (Wildman–Crippen MR) is 69.9 cm³/mol. The first-order chi connectivity index (χ1) is 9.60. The van der Waals surface area contributed by atoms with Crippen molar-refractivity contribution in [3.63, 3.8) is 0 Å². The number of nitrogens with zero attached hydrogens (tertiary/aromatic N) is 1. The van der Waals surface area contributed by atoms with Crippen molar-refractivity contribution in [2.45, 2.75) is 25.5 Å². The Morgan fingerprint density at radius 2 is 2.24 bits per heavy atom. The Labute approximate surface area is 136 Å². The molecule has 1 N–H and O–H groups in total. The third-order valence-corrected chi connectivity index (χ3v) is 2.87. The van der Waals surface area contributed by atoms with Crippen molar-refractivity contribution < 1.29 is 40.2 Å². The van der Waals surface area contributed by atoms with Crippen LogP contribution >= 0.6 is 0 Å². The van der Waals surface area contributed by atoms with Gasteiger partial charge in [-0.25, -0.2) is 0 Å². The first-order valence-electron chi connectivity index (χ1n) is 6.19. The Kier molecular flexibility index (Phi) is 6.72. The van der Waals surface area contributed by atoms with E-state index in [1.165, 1.54) is 0 Å². The van der Waals surface area contributed by atoms with Crippen LogP contribution in [0.5, 0.6) is 0 Å². The molecule has 1 aromatic carbocycles. The first-order valence-corrected chi connectivity index (χ1v) is 6.19. The largest absolute Gasteiger partial charge is 2.00 e. The van der Waals surface area contributed by atoms with Crippen LogP contribution in [0.4, 0.5) is 0 Å². The molecule has 21 heavy (non-hydrogen) atoms. The minimum Gasteiger partial charge on any atom is -0.684 e. The number of ether oxygens (including phenoxy) is 1. The van der Waals surface area contributed by atoms with E-state index in [-0.39, 0.29) is 45.4 Å². The van der Waals surface area contributed by atoms with Gasteiger partial charge in [0.25, 0.3) is 0 Å². The molecule has 7 heteroatoms. The van der Waals surface area contributed by atoms with Gasteiger partial charge in [-0.15, -0.1) is 35.4 Å². The molecule has 1 aliphatic rings. The van der Waals surface area contributed by atoms with E-state index < -0.39 is 17.9 Å². The topological polar surface area (TPSA) is 86.6 Å². The quantitative estimate of drug-likeness (QED) is 0.538. The molecule has 0 aromatic heterocycles. The Morgan fingerprint density at radius 3 is 2.90 bits per heavy atom. The number of rotatable bonds is 4. The average Bonchev–Trinajstić information content (AvgIpc) is 2.42. The van der Waals surface area contributed by atoms with Crippen molar-refractivity contribution in [1.29, 1.82) is 0 Å². The van der Waals surface area contributed by atoms with Crippen LogP contribution in [-0.4, -0.2) is 30.9 Å². The van der Waals surface area contributed by atoms with Crippen molar-refractivity contribution in [2.24, 2.45) is 0 Å². The van der Waals surface area contributed by atoms with Crippen molar-refractivity contribution in [3.05, 3.63) is 40.7 Å². The summed E-state index contributed by atoms with van der Waals surface area (Å²) >= 11 is 0. The van der Waals surface area contributed by atoms with Crippen LogP contribution in [0.3, 0.4) is 0 Å². The van der Waals surface area contributed by atoms with Crippen LogP contribution in [0, 0.1) is 6.07 Å². The van der Waals surface area contributed by atoms with E-state index in [0.717, 1.165) is 5.56 Å². The fourth-order valence-electron chi connectivity index (χ4n) is 1.90. The Morgan fingerprint density at radius 1 is 1.48 bits per heavy atom. The summed E-state index contributed by atoms with van der Waals surface area (Å²) in [5.74, 6) is -1.37. The summed E-state index contributed by atoms with van der Waals surface area (Å²) in [4.78, 5) is 34.5. The van der Waals surface area contributed by atoms with Gasteiger partial charge in [0.2, 0.25) is 11.8 Å². The standard InChI is InChI=1S/C14H15N2O4.W/c1-20-8-9-3-2-4-10(7-9)13(18)15-11-5-6-12(17)16-14(11)19;/h2-4,11H,5-6,8H2,1H3,(H2,15,16,17,18,19);/q-1;+2/p-1. The van der Waals surface area contributed by atoms with Crippen LogP contribution in [0.1, 0.15) is 28.8 Å². The van der Waals surface area contributed by atoms with Crippen LogP contribution in [0.2, 0.25) is 0 Å². The fourth-order valence-corrected chi connectivity index (χ4v) is 1.90. The average molecular weight is 458 g/mol. The van der Waals surface area contributed by atoms with Crippen LogP contribution in [-0.2, 0) is 42.0 Å². The maximum Gasteiger partial charge on any atom is 2.00 e. The fraction of sp³-hybridized carbons (Fsp3) is 0.357. The van der Waals surface area contributed by atoms with Crippen molar-refractivity contribution in [3.8, 4) is 0 Å². The molecule has 1 saturated heterocycles. The SMILES string of the molecule is COCc1[c-]c(C(=O)[N-]C2CCC(=O)NC2=O)ccc1.[W+2]. The van der Waals surface area contributed by atoms with E-state index in [1.54, 1.807) is 25.3 Å². The summed E-state index contributed by atoms with van der Waals surface area (Å²) in [6.45, 7) is 0.347. The molecule has 110 valence electrons. The van der Waals surface area contributed by atoms with Crippen LogP contribution in [0.15, 0.2) is 18.2 Å². The number of carbonyl (C=O) groups is 3. The zero-order valence-electron chi connectivity index (χ0n) is 11.4. The first kappa shape index (κ1) is 17.5.